The van der Waals surface area contributed by atoms with Gasteiger partial charge in [-0.05, 0) is 48.9 Å². The predicted molar refractivity (Wildman–Crippen MR) is 142 cm³/mol. The number of hydrogen-bond acceptors (Lipinski definition) is 5. The molecule has 9 heteroatoms. The summed E-state index contributed by atoms with van der Waals surface area (Å²) in [6, 6.07) is 13.0. The molecule has 4 aromatic rings. The number of thiophene rings is 1. The first-order valence-corrected chi connectivity index (χ1v) is 13.5. The van der Waals surface area contributed by atoms with Gasteiger partial charge in [0, 0.05) is 43.5 Å². The number of amides is 2. The first kappa shape index (κ1) is 23.8. The number of hydrogen-bond donors (Lipinski definition) is 1. The fourth-order valence-corrected chi connectivity index (χ4v) is 6.45. The third-order valence-electron chi connectivity index (χ3n) is 7.09. The van der Waals surface area contributed by atoms with Gasteiger partial charge < -0.3 is 15.1 Å². The van der Waals surface area contributed by atoms with Crippen LogP contribution in [-0.4, -0.2) is 47.1 Å². The fraction of sp³-hybridized carbons (Fsp3) is 0.321. The number of rotatable bonds is 4. The number of nitrogens with one attached hydrogen (secondary N) is 1. The van der Waals surface area contributed by atoms with Gasteiger partial charge in [-0.3, -0.25) is 0 Å². The lowest BCUT2D eigenvalue weighted by molar-refractivity contribution is 0.208. The van der Waals surface area contributed by atoms with E-state index in [0.29, 0.717) is 32.6 Å². The summed E-state index contributed by atoms with van der Waals surface area (Å²) >= 11 is 1.80. The Kier molecular flexibility index (Phi) is 6.46. The van der Waals surface area contributed by atoms with Crippen LogP contribution in [0.25, 0.3) is 10.2 Å². The molecule has 1 saturated heterocycles. The average Bonchev–Trinajstić information content (AvgIpc) is 3.29. The minimum atomic E-state index is -0.788. The first-order chi connectivity index (χ1) is 18.0. The van der Waals surface area contributed by atoms with E-state index >= 15 is 0 Å². The van der Waals surface area contributed by atoms with Gasteiger partial charge >= 0.3 is 6.03 Å². The van der Waals surface area contributed by atoms with E-state index in [1.54, 1.807) is 16.2 Å². The van der Waals surface area contributed by atoms with E-state index < -0.39 is 17.7 Å². The molecule has 0 atom stereocenters. The Morgan fingerprint density at radius 1 is 0.973 bits per heavy atom. The summed E-state index contributed by atoms with van der Waals surface area (Å²) in [7, 11) is 0. The van der Waals surface area contributed by atoms with E-state index in [2.05, 4.69) is 22.3 Å². The minimum absolute atomic E-state index is 0.0261. The van der Waals surface area contributed by atoms with E-state index in [4.69, 9.17) is 9.97 Å². The minimum Gasteiger partial charge on any atom is -0.352 e. The molecule has 2 aliphatic rings. The van der Waals surface area contributed by atoms with Crippen molar-refractivity contribution in [2.75, 3.05) is 36.4 Å². The number of fused-ring (bicyclic) bond motifs is 3. The molecule has 1 aliphatic heterocycles. The number of anilines is 2. The number of benzene rings is 2. The van der Waals surface area contributed by atoms with Crippen LogP contribution in [0.15, 0.2) is 48.5 Å². The van der Waals surface area contributed by atoms with E-state index in [-0.39, 0.29) is 5.69 Å². The lowest BCUT2D eigenvalue weighted by Gasteiger charge is -2.36. The van der Waals surface area contributed by atoms with Crippen LogP contribution in [0.4, 0.5) is 25.1 Å². The largest absolute Gasteiger partial charge is 0.352 e. The van der Waals surface area contributed by atoms with Crippen molar-refractivity contribution < 1.29 is 13.6 Å². The number of nitrogens with zero attached hydrogens (tertiary/aromatic N) is 4. The Hall–Kier alpha value is -3.59. The maximum Gasteiger partial charge on any atom is 0.322 e. The number of carbonyl (C=O) groups excluding carboxylic acids is 1. The lowest BCUT2D eigenvalue weighted by atomic mass is 9.96. The molecule has 2 amide bonds. The van der Waals surface area contributed by atoms with Crippen LogP contribution < -0.4 is 10.2 Å². The number of aromatic nitrogens is 2. The average molecular weight is 520 g/mol. The molecule has 0 radical (unpaired) electrons. The third kappa shape index (κ3) is 4.87. The van der Waals surface area contributed by atoms with Crippen LogP contribution in [-0.2, 0) is 19.3 Å². The summed E-state index contributed by atoms with van der Waals surface area (Å²) in [5.74, 6) is 0.297. The van der Waals surface area contributed by atoms with Gasteiger partial charge in [-0.1, -0.05) is 30.3 Å². The molecule has 1 aliphatic carbocycles. The zero-order valence-corrected chi connectivity index (χ0v) is 21.2. The number of carbonyl (C=O) groups is 1. The Balaban J connectivity index is 1.25. The van der Waals surface area contributed by atoms with Crippen molar-refractivity contribution in [3.8, 4) is 0 Å². The molecule has 0 bridgehead atoms. The second kappa shape index (κ2) is 10.0. The molecule has 0 saturated carbocycles. The Labute approximate surface area is 218 Å². The van der Waals surface area contributed by atoms with Crippen LogP contribution in [0.5, 0.6) is 0 Å². The lowest BCUT2D eigenvalue weighted by Crippen LogP contribution is -2.50. The van der Waals surface area contributed by atoms with Crippen LogP contribution in [0.2, 0.25) is 0 Å². The Bertz CT molecular complexity index is 1450. The highest BCUT2D eigenvalue weighted by molar-refractivity contribution is 7.19. The van der Waals surface area contributed by atoms with E-state index in [0.717, 1.165) is 41.4 Å². The van der Waals surface area contributed by atoms with Gasteiger partial charge in [0.05, 0.1) is 11.1 Å². The van der Waals surface area contributed by atoms with Crippen molar-refractivity contribution >= 4 is 39.1 Å². The molecule has 6 nitrogen and oxygen atoms in total. The first-order valence-electron chi connectivity index (χ1n) is 12.7. The highest BCUT2D eigenvalue weighted by Crippen LogP contribution is 2.40. The molecule has 0 unspecified atom stereocenters. The van der Waals surface area contributed by atoms with E-state index in [9.17, 15) is 13.6 Å². The maximum absolute atomic E-state index is 14.0. The molecule has 1 N–H and O–H groups in total. The van der Waals surface area contributed by atoms with Crippen molar-refractivity contribution in [3.05, 3.63) is 82.0 Å². The molecule has 3 heterocycles. The topological polar surface area (TPSA) is 61.4 Å². The number of halogens is 2. The monoisotopic (exact) mass is 519 g/mol. The SMILES string of the molecule is O=C(Nc1ccc(F)cc1F)N1CCN(c2nc(Cc3ccccc3)nc3sc4c(c23)CCCC4)CC1. The summed E-state index contributed by atoms with van der Waals surface area (Å²) in [5, 5.41) is 3.74. The van der Waals surface area contributed by atoms with Crippen molar-refractivity contribution in [1.29, 1.82) is 0 Å². The summed E-state index contributed by atoms with van der Waals surface area (Å²) in [4.78, 5) is 29.2. The standard InChI is InChI=1S/C28H27F2N5OS/c29-19-10-11-22(21(30)17-19)31-28(36)35-14-12-34(13-15-35)26-25-20-8-4-5-9-23(20)37-27(25)33-24(32-26)16-18-6-2-1-3-7-18/h1-3,6-7,10-11,17H,4-5,8-9,12-16H2,(H,31,36). The molecule has 2 aromatic carbocycles. The van der Waals surface area contributed by atoms with Crippen LogP contribution in [0.1, 0.15) is 34.7 Å². The molecule has 6 rings (SSSR count). The zero-order chi connectivity index (χ0) is 25.4. The highest BCUT2D eigenvalue weighted by atomic mass is 32.1. The smallest absolute Gasteiger partial charge is 0.322 e. The van der Waals surface area contributed by atoms with Gasteiger partial charge in [-0.2, -0.15) is 0 Å². The Morgan fingerprint density at radius 3 is 2.54 bits per heavy atom. The second-order valence-corrected chi connectivity index (χ2v) is 10.6. The molecule has 2 aromatic heterocycles. The second-order valence-electron chi connectivity index (χ2n) is 9.55. The van der Waals surface area contributed by atoms with Crippen molar-refractivity contribution in [2.24, 2.45) is 0 Å². The molecule has 0 spiro atoms. The van der Waals surface area contributed by atoms with Gasteiger partial charge in [0.1, 0.15) is 28.1 Å². The van der Waals surface area contributed by atoms with Crippen LogP contribution in [0.3, 0.4) is 0 Å². The van der Waals surface area contributed by atoms with Crippen LogP contribution >= 0.6 is 11.3 Å². The number of urea groups is 1. The number of aryl methyl sites for hydroxylation is 2. The van der Waals surface area contributed by atoms with Gasteiger partial charge in [0.2, 0.25) is 0 Å². The maximum atomic E-state index is 14.0. The summed E-state index contributed by atoms with van der Waals surface area (Å²) in [6.07, 6.45) is 5.20. The number of piperazine rings is 1. The molecule has 37 heavy (non-hydrogen) atoms. The summed E-state index contributed by atoms with van der Waals surface area (Å²) < 4.78 is 27.2. The van der Waals surface area contributed by atoms with Crippen molar-refractivity contribution in [3.63, 3.8) is 0 Å². The van der Waals surface area contributed by atoms with Crippen LogP contribution in [0, 0.1) is 11.6 Å². The van der Waals surface area contributed by atoms with Crippen molar-refractivity contribution in [2.45, 2.75) is 32.1 Å². The van der Waals surface area contributed by atoms with Gasteiger partial charge in [0.25, 0.3) is 0 Å². The molecule has 1 fully saturated rings. The third-order valence-corrected chi connectivity index (χ3v) is 8.27. The zero-order valence-electron chi connectivity index (χ0n) is 20.3. The molecular formula is C28H27F2N5OS. The normalized spacial score (nSPS) is 15.6. The van der Waals surface area contributed by atoms with Gasteiger partial charge in [0.15, 0.2) is 0 Å². The fourth-order valence-electron chi connectivity index (χ4n) is 5.17. The molecular weight excluding hydrogens is 492 g/mol. The van der Waals surface area contributed by atoms with E-state index in [1.807, 2.05) is 18.2 Å². The van der Waals surface area contributed by atoms with E-state index in [1.165, 1.54) is 40.3 Å². The van der Waals surface area contributed by atoms with Gasteiger partial charge in [-0.15, -0.1) is 11.3 Å². The predicted octanol–water partition coefficient (Wildman–Crippen LogP) is 5.79. The quantitative estimate of drug-likeness (QED) is 0.371. The summed E-state index contributed by atoms with van der Waals surface area (Å²) in [6.45, 7) is 2.17. The highest BCUT2D eigenvalue weighted by Gasteiger charge is 2.28. The van der Waals surface area contributed by atoms with Gasteiger partial charge in [-0.25, -0.2) is 23.5 Å². The summed E-state index contributed by atoms with van der Waals surface area (Å²) in [5.41, 5.74) is 2.53. The van der Waals surface area contributed by atoms with Crippen molar-refractivity contribution in [1.82, 2.24) is 14.9 Å². The molecule has 190 valence electrons. The Morgan fingerprint density at radius 2 is 1.76 bits per heavy atom.